The molecule has 0 radical (unpaired) electrons. The van der Waals surface area contributed by atoms with Gasteiger partial charge in [-0.3, -0.25) is 25.1 Å². The van der Waals surface area contributed by atoms with Crippen LogP contribution in [0.4, 0.5) is 5.69 Å². The Balaban J connectivity index is 1.88. The van der Waals surface area contributed by atoms with E-state index in [1.165, 1.54) is 31.4 Å². The summed E-state index contributed by atoms with van der Waals surface area (Å²) in [6.07, 6.45) is 1.34. The molecule has 0 aliphatic carbocycles. The number of thioether (sulfide) groups is 1. The number of halogens is 1. The number of nitrogens with zero attached hydrogens (tertiary/aromatic N) is 2. The Bertz CT molecular complexity index is 1120. The van der Waals surface area contributed by atoms with Gasteiger partial charge in [0.05, 0.1) is 27.5 Å². The van der Waals surface area contributed by atoms with Gasteiger partial charge < -0.3 is 9.84 Å². The first-order valence-corrected chi connectivity index (χ1v) is 9.72. The van der Waals surface area contributed by atoms with Crippen LogP contribution in [0.15, 0.2) is 41.3 Å². The second-order valence-electron chi connectivity index (χ2n) is 5.79. The van der Waals surface area contributed by atoms with Gasteiger partial charge in [-0.05, 0) is 42.1 Å². The zero-order valence-electron chi connectivity index (χ0n) is 15.1. The summed E-state index contributed by atoms with van der Waals surface area (Å²) in [6, 6.07) is 8.73. The van der Waals surface area contributed by atoms with E-state index in [-0.39, 0.29) is 31.1 Å². The molecule has 1 saturated heterocycles. The van der Waals surface area contributed by atoms with Gasteiger partial charge in [0.25, 0.3) is 11.8 Å². The Kier molecular flexibility index (Phi) is 6.25. The molecule has 1 fully saturated rings. The molecule has 1 aliphatic rings. The topological polar surface area (TPSA) is 122 Å². The molecule has 0 unspecified atom stereocenters. The summed E-state index contributed by atoms with van der Waals surface area (Å²) in [5.41, 5.74) is 2.21. The lowest BCUT2D eigenvalue weighted by atomic mass is 10.1. The Morgan fingerprint density at radius 1 is 1.40 bits per heavy atom. The summed E-state index contributed by atoms with van der Waals surface area (Å²) in [5, 5.41) is 22.1. The standard InChI is InChI=1S/C18H12ClN3O6S2/c1-28-13-7-9(6-12(15(13)23)22(26)27)8-14-17(25)21(18(29)30-14)20-16(24)10-4-2-3-5-11(10)19/h2-8,23H,1H3,(H,20,24)/b14-8-. The summed E-state index contributed by atoms with van der Waals surface area (Å²) >= 11 is 12.0. The fourth-order valence-corrected chi connectivity index (χ4v) is 3.92. The van der Waals surface area contributed by atoms with Crippen LogP contribution in [0.1, 0.15) is 15.9 Å². The monoisotopic (exact) mass is 465 g/mol. The number of aromatic hydroxyl groups is 1. The molecule has 3 rings (SSSR count). The van der Waals surface area contributed by atoms with E-state index in [4.69, 9.17) is 28.6 Å². The maximum Gasteiger partial charge on any atom is 0.315 e. The van der Waals surface area contributed by atoms with Gasteiger partial charge in [-0.25, -0.2) is 0 Å². The lowest BCUT2D eigenvalue weighted by molar-refractivity contribution is -0.386. The maximum absolute atomic E-state index is 12.7. The van der Waals surface area contributed by atoms with Crippen molar-refractivity contribution in [3.8, 4) is 11.5 Å². The molecule has 9 nitrogen and oxygen atoms in total. The lowest BCUT2D eigenvalue weighted by Gasteiger charge is -2.16. The van der Waals surface area contributed by atoms with Crippen molar-refractivity contribution in [2.75, 3.05) is 7.11 Å². The highest BCUT2D eigenvalue weighted by molar-refractivity contribution is 8.26. The molecule has 2 aromatic carbocycles. The smallest absolute Gasteiger partial charge is 0.315 e. The number of hydrogen-bond acceptors (Lipinski definition) is 8. The number of nitro groups is 1. The van der Waals surface area contributed by atoms with E-state index >= 15 is 0 Å². The van der Waals surface area contributed by atoms with Crippen LogP contribution in [0.5, 0.6) is 11.5 Å². The van der Waals surface area contributed by atoms with Gasteiger partial charge in [-0.2, -0.15) is 5.01 Å². The molecule has 2 amide bonds. The quantitative estimate of drug-likeness (QED) is 0.298. The number of hydrazine groups is 1. The normalized spacial score (nSPS) is 14.9. The molecular weight excluding hydrogens is 454 g/mol. The van der Waals surface area contributed by atoms with Crippen LogP contribution in [0, 0.1) is 10.1 Å². The molecule has 0 bridgehead atoms. The Labute approximate surface area is 184 Å². The van der Waals surface area contributed by atoms with Crippen molar-refractivity contribution >= 4 is 63.5 Å². The molecule has 1 aliphatic heterocycles. The van der Waals surface area contributed by atoms with Gasteiger partial charge in [-0.1, -0.05) is 35.5 Å². The van der Waals surface area contributed by atoms with E-state index in [2.05, 4.69) is 5.43 Å². The van der Waals surface area contributed by atoms with E-state index in [0.29, 0.717) is 0 Å². The summed E-state index contributed by atoms with van der Waals surface area (Å²) < 4.78 is 5.00. The van der Waals surface area contributed by atoms with Crippen LogP contribution < -0.4 is 10.2 Å². The molecule has 12 heteroatoms. The molecule has 2 N–H and O–H groups in total. The summed E-state index contributed by atoms with van der Waals surface area (Å²) in [4.78, 5) is 35.6. The number of ether oxygens (including phenoxy) is 1. The number of hydrogen-bond donors (Lipinski definition) is 2. The molecule has 30 heavy (non-hydrogen) atoms. The highest BCUT2D eigenvalue weighted by Crippen LogP contribution is 2.39. The predicted molar refractivity (Wildman–Crippen MR) is 115 cm³/mol. The van der Waals surface area contributed by atoms with Crippen molar-refractivity contribution in [2.45, 2.75) is 0 Å². The van der Waals surface area contributed by atoms with Crippen molar-refractivity contribution in [1.29, 1.82) is 0 Å². The zero-order valence-corrected chi connectivity index (χ0v) is 17.5. The first kappa shape index (κ1) is 21.6. The molecule has 1 heterocycles. The summed E-state index contributed by atoms with van der Waals surface area (Å²) in [6.45, 7) is 0. The predicted octanol–water partition coefficient (Wildman–Crippen LogP) is 3.51. The average Bonchev–Trinajstić information content (AvgIpc) is 2.96. The van der Waals surface area contributed by atoms with Gasteiger partial charge >= 0.3 is 5.69 Å². The highest BCUT2D eigenvalue weighted by atomic mass is 35.5. The third-order valence-corrected chi connectivity index (χ3v) is 5.55. The van der Waals surface area contributed by atoms with E-state index in [9.17, 15) is 24.8 Å². The van der Waals surface area contributed by atoms with Crippen LogP contribution in [-0.4, -0.2) is 38.3 Å². The third kappa shape index (κ3) is 4.22. The Morgan fingerprint density at radius 3 is 2.73 bits per heavy atom. The van der Waals surface area contributed by atoms with Crippen molar-refractivity contribution in [3.05, 3.63) is 67.6 Å². The van der Waals surface area contributed by atoms with Crippen molar-refractivity contribution in [3.63, 3.8) is 0 Å². The minimum atomic E-state index is -0.774. The summed E-state index contributed by atoms with van der Waals surface area (Å²) in [5.74, 6) is -2.00. The minimum absolute atomic E-state index is 0.0619. The molecule has 2 aromatic rings. The van der Waals surface area contributed by atoms with E-state index < -0.39 is 28.2 Å². The van der Waals surface area contributed by atoms with E-state index in [0.717, 1.165) is 22.8 Å². The number of amides is 2. The third-order valence-electron chi connectivity index (χ3n) is 3.92. The first-order valence-electron chi connectivity index (χ1n) is 8.11. The number of carbonyl (C=O) groups excluding carboxylic acids is 2. The second-order valence-corrected chi connectivity index (χ2v) is 7.87. The molecule has 0 spiro atoms. The molecule has 154 valence electrons. The van der Waals surface area contributed by atoms with E-state index in [1.54, 1.807) is 12.1 Å². The number of phenolic OH excluding ortho intramolecular Hbond substituents is 1. The maximum atomic E-state index is 12.7. The van der Waals surface area contributed by atoms with Gasteiger partial charge in [0.15, 0.2) is 10.1 Å². The first-order chi connectivity index (χ1) is 14.2. The highest BCUT2D eigenvalue weighted by Gasteiger charge is 2.34. The van der Waals surface area contributed by atoms with Gasteiger partial charge in [0.2, 0.25) is 5.75 Å². The number of phenols is 1. The van der Waals surface area contributed by atoms with Crippen molar-refractivity contribution in [1.82, 2.24) is 10.4 Å². The minimum Gasteiger partial charge on any atom is -0.500 e. The van der Waals surface area contributed by atoms with Crippen LogP contribution in [0.2, 0.25) is 5.02 Å². The average molecular weight is 466 g/mol. The second kappa shape index (κ2) is 8.69. The molecular formula is C18H12ClN3O6S2. The van der Waals surface area contributed by atoms with Gasteiger partial charge in [-0.15, -0.1) is 0 Å². The van der Waals surface area contributed by atoms with E-state index in [1.807, 2.05) is 0 Å². The number of thiocarbonyl (C=S) groups is 1. The molecule has 0 aromatic heterocycles. The number of methoxy groups -OCH3 is 1. The van der Waals surface area contributed by atoms with Crippen LogP contribution >= 0.6 is 35.6 Å². The fraction of sp³-hybridized carbons (Fsp3) is 0.0556. The number of rotatable bonds is 5. The molecule has 0 saturated carbocycles. The van der Waals surface area contributed by atoms with Crippen LogP contribution in [-0.2, 0) is 4.79 Å². The largest absolute Gasteiger partial charge is 0.500 e. The Hall–Kier alpha value is -3.15. The number of carbonyl (C=O) groups is 2. The number of nitrogens with one attached hydrogen (secondary N) is 1. The summed E-state index contributed by atoms with van der Waals surface area (Å²) in [7, 11) is 1.24. The van der Waals surface area contributed by atoms with Crippen molar-refractivity contribution < 1.29 is 24.4 Å². The number of nitro benzene ring substituents is 1. The van der Waals surface area contributed by atoms with Gasteiger partial charge in [0.1, 0.15) is 0 Å². The SMILES string of the molecule is COc1cc(/C=C2\SC(=S)N(NC(=O)c3ccccc3Cl)C2=O)cc([N+](=O)[O-])c1O. The van der Waals surface area contributed by atoms with Crippen molar-refractivity contribution in [2.24, 2.45) is 0 Å². The van der Waals surface area contributed by atoms with Crippen LogP contribution in [0.25, 0.3) is 6.08 Å². The Morgan fingerprint density at radius 2 is 2.10 bits per heavy atom. The fourth-order valence-electron chi connectivity index (χ4n) is 2.51. The number of benzene rings is 2. The zero-order chi connectivity index (χ0) is 22.0. The van der Waals surface area contributed by atoms with Gasteiger partial charge in [0, 0.05) is 6.07 Å². The molecule has 0 atom stereocenters. The van der Waals surface area contributed by atoms with Crippen LogP contribution in [0.3, 0.4) is 0 Å². The lowest BCUT2D eigenvalue weighted by Crippen LogP contribution is -2.44.